The molecule has 4 nitrogen and oxygen atoms in total. The van der Waals surface area contributed by atoms with Crippen molar-refractivity contribution < 1.29 is 14.7 Å². The van der Waals surface area contributed by atoms with Crippen molar-refractivity contribution in [2.45, 2.75) is 19.6 Å². The van der Waals surface area contributed by atoms with Crippen LogP contribution < -0.4 is 5.48 Å². The van der Waals surface area contributed by atoms with Crippen molar-refractivity contribution in [3.8, 4) is 0 Å². The van der Waals surface area contributed by atoms with Crippen LogP contribution >= 0.6 is 0 Å². The second-order valence-electron chi connectivity index (χ2n) is 2.92. The molecule has 0 spiro atoms. The van der Waals surface area contributed by atoms with Crippen LogP contribution in [0.15, 0.2) is 30.3 Å². The molecule has 1 aromatic rings. The Bertz CT molecular complexity index is 285. The fraction of sp³-hybridized carbons (Fsp3) is 0.300. The predicted molar refractivity (Wildman–Crippen MR) is 51.1 cm³/mol. The molecule has 0 saturated carbocycles. The highest BCUT2D eigenvalue weighted by molar-refractivity contribution is 5.78. The average Bonchev–Trinajstić information content (AvgIpc) is 2.19. The molecule has 1 aromatic carbocycles. The minimum absolute atomic E-state index is 0.291. The van der Waals surface area contributed by atoms with E-state index in [1.165, 1.54) is 6.92 Å². The van der Waals surface area contributed by atoms with Gasteiger partial charge in [-0.25, -0.2) is 5.48 Å². The third-order valence-corrected chi connectivity index (χ3v) is 1.63. The molecule has 4 heteroatoms. The fourth-order valence-electron chi connectivity index (χ4n) is 0.850. The van der Waals surface area contributed by atoms with Gasteiger partial charge in [-0.1, -0.05) is 30.3 Å². The Kier molecular flexibility index (Phi) is 4.10. The largest absolute Gasteiger partial charge is 0.383 e. The van der Waals surface area contributed by atoms with Crippen molar-refractivity contribution in [2.75, 3.05) is 0 Å². The molecule has 0 unspecified atom stereocenters. The summed E-state index contributed by atoms with van der Waals surface area (Å²) in [6.07, 6.45) is -1.05. The van der Waals surface area contributed by atoms with Crippen molar-refractivity contribution in [3.05, 3.63) is 35.9 Å². The van der Waals surface area contributed by atoms with Gasteiger partial charge in [0.2, 0.25) is 0 Å². The highest BCUT2D eigenvalue weighted by atomic mass is 16.7. The Labute approximate surface area is 82.5 Å². The van der Waals surface area contributed by atoms with Crippen LogP contribution in [0.2, 0.25) is 0 Å². The molecule has 0 bridgehead atoms. The van der Waals surface area contributed by atoms with Crippen molar-refractivity contribution in [1.82, 2.24) is 5.48 Å². The first-order chi connectivity index (χ1) is 6.70. The molecule has 0 heterocycles. The van der Waals surface area contributed by atoms with Gasteiger partial charge in [-0.2, -0.15) is 0 Å². The Morgan fingerprint density at radius 1 is 1.50 bits per heavy atom. The third-order valence-electron chi connectivity index (χ3n) is 1.63. The Morgan fingerprint density at radius 2 is 2.14 bits per heavy atom. The second kappa shape index (κ2) is 5.36. The van der Waals surface area contributed by atoms with Gasteiger partial charge in [0.05, 0.1) is 6.61 Å². The quantitative estimate of drug-likeness (QED) is 0.692. The molecule has 1 atom stereocenters. The van der Waals surface area contributed by atoms with E-state index >= 15 is 0 Å². The van der Waals surface area contributed by atoms with Crippen LogP contribution in [-0.2, 0) is 16.2 Å². The zero-order valence-electron chi connectivity index (χ0n) is 7.93. The smallest absolute Gasteiger partial charge is 0.272 e. The number of hydrogen-bond donors (Lipinski definition) is 2. The minimum Gasteiger partial charge on any atom is -0.383 e. The van der Waals surface area contributed by atoms with Crippen LogP contribution in [0.3, 0.4) is 0 Å². The normalized spacial score (nSPS) is 12.1. The zero-order chi connectivity index (χ0) is 10.4. The van der Waals surface area contributed by atoms with E-state index in [2.05, 4.69) is 5.48 Å². The number of rotatable bonds is 4. The summed E-state index contributed by atoms with van der Waals surface area (Å²) in [5, 5.41) is 8.83. The van der Waals surface area contributed by atoms with Gasteiger partial charge in [-0.15, -0.1) is 0 Å². The first-order valence-electron chi connectivity index (χ1n) is 4.34. The first kappa shape index (κ1) is 10.7. The van der Waals surface area contributed by atoms with Crippen molar-refractivity contribution in [1.29, 1.82) is 0 Å². The standard InChI is InChI=1S/C10H13NO3/c1-8(12)10(13)11-14-7-9-5-3-2-4-6-9/h2-6,8,12H,7H2,1H3,(H,11,13)/t8-/m1/s1. The van der Waals surface area contributed by atoms with Crippen molar-refractivity contribution >= 4 is 5.91 Å². The predicted octanol–water partition coefficient (Wildman–Crippen LogP) is 0.615. The molecule has 0 aliphatic carbocycles. The molecule has 2 N–H and O–H groups in total. The Balaban J connectivity index is 2.26. The molecule has 1 amide bonds. The average molecular weight is 195 g/mol. The van der Waals surface area contributed by atoms with E-state index < -0.39 is 12.0 Å². The molecular weight excluding hydrogens is 182 g/mol. The van der Waals surface area contributed by atoms with E-state index in [1.54, 1.807) is 0 Å². The van der Waals surface area contributed by atoms with E-state index in [0.717, 1.165) is 5.56 Å². The summed E-state index contributed by atoms with van der Waals surface area (Å²) >= 11 is 0. The maximum absolute atomic E-state index is 10.8. The summed E-state index contributed by atoms with van der Waals surface area (Å²) in [6.45, 7) is 1.67. The van der Waals surface area contributed by atoms with Gasteiger partial charge >= 0.3 is 0 Å². The molecule has 1 rings (SSSR count). The van der Waals surface area contributed by atoms with Crippen LogP contribution in [0.25, 0.3) is 0 Å². The molecule has 14 heavy (non-hydrogen) atoms. The SMILES string of the molecule is C[C@@H](O)C(=O)NOCc1ccccc1. The van der Waals surface area contributed by atoms with Crippen LogP contribution in [0.1, 0.15) is 12.5 Å². The lowest BCUT2D eigenvalue weighted by Crippen LogP contribution is -2.32. The van der Waals surface area contributed by atoms with Gasteiger partial charge < -0.3 is 5.11 Å². The number of hydroxylamine groups is 1. The molecule has 0 aliphatic heterocycles. The molecule has 0 aliphatic rings. The summed E-state index contributed by atoms with van der Waals surface area (Å²) in [7, 11) is 0. The molecule has 76 valence electrons. The molecule has 0 fully saturated rings. The number of aliphatic hydroxyl groups is 1. The highest BCUT2D eigenvalue weighted by Gasteiger charge is 2.07. The van der Waals surface area contributed by atoms with Gasteiger partial charge in [-0.05, 0) is 12.5 Å². The van der Waals surface area contributed by atoms with Gasteiger partial charge in [0.25, 0.3) is 5.91 Å². The number of benzene rings is 1. The van der Waals surface area contributed by atoms with Gasteiger partial charge in [0, 0.05) is 0 Å². The van der Waals surface area contributed by atoms with E-state index in [1.807, 2.05) is 30.3 Å². The van der Waals surface area contributed by atoms with E-state index in [4.69, 9.17) is 9.94 Å². The number of hydrogen-bond acceptors (Lipinski definition) is 3. The fourth-order valence-corrected chi connectivity index (χ4v) is 0.850. The first-order valence-corrected chi connectivity index (χ1v) is 4.34. The lowest BCUT2D eigenvalue weighted by molar-refractivity contribution is -0.142. The van der Waals surface area contributed by atoms with E-state index in [-0.39, 0.29) is 0 Å². The van der Waals surface area contributed by atoms with Crippen LogP contribution in [0, 0.1) is 0 Å². The second-order valence-corrected chi connectivity index (χ2v) is 2.92. The Hall–Kier alpha value is -1.39. The number of nitrogens with one attached hydrogen (secondary N) is 1. The molecule has 0 radical (unpaired) electrons. The summed E-state index contributed by atoms with van der Waals surface area (Å²) < 4.78 is 0. The summed E-state index contributed by atoms with van der Waals surface area (Å²) in [6, 6.07) is 9.44. The summed E-state index contributed by atoms with van der Waals surface area (Å²) in [5.74, 6) is -0.541. The van der Waals surface area contributed by atoms with Crippen LogP contribution in [-0.4, -0.2) is 17.1 Å². The topological polar surface area (TPSA) is 58.6 Å². The highest BCUT2D eigenvalue weighted by Crippen LogP contribution is 1.98. The maximum atomic E-state index is 10.8. The zero-order valence-corrected chi connectivity index (χ0v) is 7.93. The number of aliphatic hydroxyl groups excluding tert-OH is 1. The minimum atomic E-state index is -1.05. The van der Waals surface area contributed by atoms with E-state index in [0.29, 0.717) is 6.61 Å². The van der Waals surface area contributed by atoms with Crippen molar-refractivity contribution in [3.63, 3.8) is 0 Å². The van der Waals surface area contributed by atoms with Gasteiger partial charge in [-0.3, -0.25) is 9.63 Å². The lowest BCUT2D eigenvalue weighted by atomic mass is 10.2. The van der Waals surface area contributed by atoms with E-state index in [9.17, 15) is 4.79 Å². The van der Waals surface area contributed by atoms with Gasteiger partial charge in [0.15, 0.2) is 0 Å². The Morgan fingerprint density at radius 3 is 2.71 bits per heavy atom. The number of amides is 1. The number of carbonyl (C=O) groups is 1. The third kappa shape index (κ3) is 3.55. The monoisotopic (exact) mass is 195 g/mol. The number of carbonyl (C=O) groups excluding carboxylic acids is 1. The van der Waals surface area contributed by atoms with Gasteiger partial charge in [0.1, 0.15) is 6.10 Å². The van der Waals surface area contributed by atoms with Crippen LogP contribution in [0.4, 0.5) is 0 Å². The molecule has 0 saturated heterocycles. The lowest BCUT2D eigenvalue weighted by Gasteiger charge is -2.06. The van der Waals surface area contributed by atoms with Crippen molar-refractivity contribution in [2.24, 2.45) is 0 Å². The molecular formula is C10H13NO3. The van der Waals surface area contributed by atoms with Crippen LogP contribution in [0.5, 0.6) is 0 Å². The molecule has 0 aromatic heterocycles. The summed E-state index contributed by atoms with van der Waals surface area (Å²) in [5.41, 5.74) is 3.10. The maximum Gasteiger partial charge on any atom is 0.272 e. The summed E-state index contributed by atoms with van der Waals surface area (Å²) in [4.78, 5) is 15.7.